The minimum Gasteiger partial charge on any atom is -0.506 e. The molecule has 24 heavy (non-hydrogen) atoms. The number of carbonyl (C=O) groups excluding carboxylic acids is 2. The summed E-state index contributed by atoms with van der Waals surface area (Å²) in [6, 6.07) is 11.7. The molecule has 0 atom stereocenters. The minimum atomic E-state index is -0.351. The Hall–Kier alpha value is -2.53. The number of benzene rings is 2. The maximum atomic E-state index is 12.3. The van der Waals surface area contributed by atoms with Crippen LogP contribution in [0.3, 0.4) is 0 Å². The van der Waals surface area contributed by atoms with Gasteiger partial charge in [-0.3, -0.25) is 9.59 Å². The lowest BCUT2D eigenvalue weighted by Gasteiger charge is -2.18. The van der Waals surface area contributed by atoms with Gasteiger partial charge in [0.2, 0.25) is 5.91 Å². The van der Waals surface area contributed by atoms with Crippen molar-refractivity contribution in [3.8, 4) is 5.75 Å². The number of nitrogens with zero attached hydrogens (tertiary/aromatic N) is 1. The van der Waals surface area contributed by atoms with E-state index in [1.807, 2.05) is 31.2 Å². The molecule has 0 aliphatic rings. The molecule has 2 aromatic carbocycles. The number of amides is 2. The predicted octanol–water partition coefficient (Wildman–Crippen LogP) is 3.32. The summed E-state index contributed by atoms with van der Waals surface area (Å²) in [6.07, 6.45) is 0.803. The van der Waals surface area contributed by atoms with E-state index in [1.165, 1.54) is 30.1 Å². The molecule has 6 heteroatoms. The molecule has 5 nitrogen and oxygen atoms in total. The fraction of sp³-hybridized carbons (Fsp3) is 0.222. The Morgan fingerprint density at radius 3 is 2.58 bits per heavy atom. The molecule has 0 fully saturated rings. The third-order valence-electron chi connectivity index (χ3n) is 3.59. The Labute approximate surface area is 145 Å². The number of aromatic hydroxyl groups is 1. The molecule has 0 saturated carbocycles. The lowest BCUT2D eigenvalue weighted by molar-refractivity contribution is -0.116. The Balaban J connectivity index is 2.02. The van der Waals surface area contributed by atoms with Gasteiger partial charge in [0.05, 0.1) is 11.6 Å². The van der Waals surface area contributed by atoms with Crippen LogP contribution in [0.5, 0.6) is 5.75 Å². The van der Waals surface area contributed by atoms with E-state index in [2.05, 4.69) is 5.32 Å². The Kier molecular flexibility index (Phi) is 5.82. The molecule has 0 heterocycles. The van der Waals surface area contributed by atoms with Crippen LogP contribution >= 0.6 is 11.6 Å². The van der Waals surface area contributed by atoms with E-state index in [1.54, 1.807) is 0 Å². The van der Waals surface area contributed by atoms with Crippen molar-refractivity contribution < 1.29 is 14.7 Å². The first-order valence-corrected chi connectivity index (χ1v) is 7.92. The van der Waals surface area contributed by atoms with Gasteiger partial charge in [0.25, 0.3) is 5.91 Å². The average molecular weight is 347 g/mol. The van der Waals surface area contributed by atoms with Crippen LogP contribution < -0.4 is 5.32 Å². The van der Waals surface area contributed by atoms with Crippen LogP contribution in [0.1, 0.15) is 22.8 Å². The molecule has 2 N–H and O–H groups in total. The molecule has 0 aliphatic heterocycles. The highest BCUT2D eigenvalue weighted by atomic mass is 35.5. The second-order valence-corrected chi connectivity index (χ2v) is 5.79. The SMILES string of the molecule is CCc1ccccc1NC(=O)CN(C)C(=O)c1ccc(O)c(Cl)c1. The van der Waals surface area contributed by atoms with Crippen LogP contribution in [-0.2, 0) is 11.2 Å². The quantitative estimate of drug-likeness (QED) is 0.872. The molecular formula is C18H19ClN2O3. The molecule has 0 spiro atoms. The van der Waals surface area contributed by atoms with Gasteiger partial charge in [-0.05, 0) is 36.2 Å². The van der Waals surface area contributed by atoms with Gasteiger partial charge in [0, 0.05) is 18.3 Å². The summed E-state index contributed by atoms with van der Waals surface area (Å²) in [6.45, 7) is 1.92. The van der Waals surface area contributed by atoms with E-state index < -0.39 is 0 Å². The molecular weight excluding hydrogens is 328 g/mol. The van der Waals surface area contributed by atoms with E-state index in [-0.39, 0.29) is 29.1 Å². The number of hydrogen-bond acceptors (Lipinski definition) is 3. The molecule has 0 aliphatic carbocycles. The molecule has 2 amide bonds. The number of para-hydroxylation sites is 1. The van der Waals surface area contributed by atoms with Crippen molar-refractivity contribution in [1.82, 2.24) is 4.90 Å². The first-order valence-electron chi connectivity index (χ1n) is 7.54. The molecule has 126 valence electrons. The number of likely N-dealkylation sites (N-methyl/N-ethyl adjacent to an activating group) is 1. The Morgan fingerprint density at radius 1 is 1.21 bits per heavy atom. The summed E-state index contributed by atoms with van der Waals surface area (Å²) >= 11 is 5.81. The van der Waals surface area contributed by atoms with E-state index in [9.17, 15) is 14.7 Å². The zero-order valence-electron chi connectivity index (χ0n) is 13.5. The van der Waals surface area contributed by atoms with Crippen LogP contribution in [0, 0.1) is 0 Å². The zero-order chi connectivity index (χ0) is 17.7. The number of phenolic OH excluding ortho intramolecular Hbond substituents is 1. The second-order valence-electron chi connectivity index (χ2n) is 5.39. The number of nitrogens with one attached hydrogen (secondary N) is 1. The normalized spacial score (nSPS) is 10.3. The number of hydrogen-bond donors (Lipinski definition) is 2. The maximum Gasteiger partial charge on any atom is 0.254 e. The van der Waals surface area contributed by atoms with Crippen molar-refractivity contribution in [1.29, 1.82) is 0 Å². The van der Waals surface area contributed by atoms with Gasteiger partial charge >= 0.3 is 0 Å². The Morgan fingerprint density at radius 2 is 1.92 bits per heavy atom. The van der Waals surface area contributed by atoms with Crippen LogP contribution in [0.2, 0.25) is 5.02 Å². The van der Waals surface area contributed by atoms with E-state index >= 15 is 0 Å². The standard InChI is InChI=1S/C18H19ClN2O3/c1-3-12-6-4-5-7-15(12)20-17(23)11-21(2)18(24)13-8-9-16(22)14(19)10-13/h4-10,22H,3,11H2,1-2H3,(H,20,23). The lowest BCUT2D eigenvalue weighted by Crippen LogP contribution is -2.35. The third-order valence-corrected chi connectivity index (χ3v) is 3.90. The van der Waals surface area contributed by atoms with Gasteiger partial charge in [0.1, 0.15) is 5.75 Å². The predicted molar refractivity (Wildman–Crippen MR) is 94.5 cm³/mol. The Bertz CT molecular complexity index is 762. The van der Waals surface area contributed by atoms with Crippen LogP contribution in [-0.4, -0.2) is 35.4 Å². The largest absolute Gasteiger partial charge is 0.506 e. The summed E-state index contributed by atoms with van der Waals surface area (Å²) in [5, 5.41) is 12.3. The molecule has 0 saturated heterocycles. The number of halogens is 1. The van der Waals surface area contributed by atoms with Crippen LogP contribution in [0.15, 0.2) is 42.5 Å². The van der Waals surface area contributed by atoms with Gasteiger partial charge in [-0.1, -0.05) is 36.7 Å². The van der Waals surface area contributed by atoms with Gasteiger partial charge in [-0.25, -0.2) is 0 Å². The highest BCUT2D eigenvalue weighted by Crippen LogP contribution is 2.24. The topological polar surface area (TPSA) is 69.6 Å². The van der Waals surface area contributed by atoms with Crippen LogP contribution in [0.4, 0.5) is 5.69 Å². The smallest absolute Gasteiger partial charge is 0.254 e. The lowest BCUT2D eigenvalue weighted by atomic mass is 10.1. The molecule has 0 bridgehead atoms. The summed E-state index contributed by atoms with van der Waals surface area (Å²) in [7, 11) is 1.54. The monoisotopic (exact) mass is 346 g/mol. The van der Waals surface area contributed by atoms with Crippen molar-refractivity contribution >= 4 is 29.1 Å². The summed E-state index contributed by atoms with van der Waals surface area (Å²) in [5.74, 6) is -0.725. The summed E-state index contributed by atoms with van der Waals surface area (Å²) in [5.41, 5.74) is 2.09. The first-order chi connectivity index (χ1) is 11.4. The highest BCUT2D eigenvalue weighted by Gasteiger charge is 2.16. The summed E-state index contributed by atoms with van der Waals surface area (Å²) in [4.78, 5) is 25.8. The van der Waals surface area contributed by atoms with Gasteiger partial charge in [-0.15, -0.1) is 0 Å². The number of aryl methyl sites for hydroxylation is 1. The molecule has 0 unspecified atom stereocenters. The van der Waals surface area contributed by atoms with Crippen molar-refractivity contribution in [2.24, 2.45) is 0 Å². The number of carbonyl (C=O) groups is 2. The van der Waals surface area contributed by atoms with Gasteiger partial charge in [0.15, 0.2) is 0 Å². The number of anilines is 1. The van der Waals surface area contributed by atoms with E-state index in [4.69, 9.17) is 11.6 Å². The number of phenols is 1. The zero-order valence-corrected chi connectivity index (χ0v) is 14.3. The maximum absolute atomic E-state index is 12.3. The second kappa shape index (κ2) is 7.84. The van der Waals surface area contributed by atoms with E-state index in [0.717, 1.165) is 17.7 Å². The average Bonchev–Trinajstić information content (AvgIpc) is 2.57. The minimum absolute atomic E-state index is 0.0879. The van der Waals surface area contributed by atoms with Gasteiger partial charge < -0.3 is 15.3 Å². The third kappa shape index (κ3) is 4.26. The fourth-order valence-corrected chi connectivity index (χ4v) is 2.47. The van der Waals surface area contributed by atoms with E-state index in [0.29, 0.717) is 5.56 Å². The molecule has 0 radical (unpaired) electrons. The van der Waals surface area contributed by atoms with Gasteiger partial charge in [-0.2, -0.15) is 0 Å². The fourth-order valence-electron chi connectivity index (χ4n) is 2.29. The van der Waals surface area contributed by atoms with Crippen LogP contribution in [0.25, 0.3) is 0 Å². The van der Waals surface area contributed by atoms with Crippen molar-refractivity contribution in [2.75, 3.05) is 18.9 Å². The first kappa shape index (κ1) is 17.8. The summed E-state index contributed by atoms with van der Waals surface area (Å²) < 4.78 is 0. The van der Waals surface area contributed by atoms with Crippen molar-refractivity contribution in [3.63, 3.8) is 0 Å². The number of rotatable bonds is 5. The molecule has 0 aromatic heterocycles. The van der Waals surface area contributed by atoms with Crippen molar-refractivity contribution in [3.05, 3.63) is 58.6 Å². The molecule has 2 rings (SSSR count). The van der Waals surface area contributed by atoms with Crippen molar-refractivity contribution in [2.45, 2.75) is 13.3 Å². The highest BCUT2D eigenvalue weighted by molar-refractivity contribution is 6.32. The molecule has 2 aromatic rings.